The number of aromatic carboxylic acids is 1. The molecule has 0 aromatic heterocycles. The summed E-state index contributed by atoms with van der Waals surface area (Å²) in [4.78, 5) is 25.1. The summed E-state index contributed by atoms with van der Waals surface area (Å²) in [7, 11) is -0.342. The molecular weight excluding hydrogens is 309 g/mol. The fraction of sp³-hybridized carbons (Fsp3) is 0.0667. The predicted octanol–water partition coefficient (Wildman–Crippen LogP) is 2.28. The van der Waals surface area contributed by atoms with Gasteiger partial charge >= 0.3 is 5.97 Å². The normalized spacial score (nSPS) is 16.7. The lowest BCUT2D eigenvalue weighted by Crippen LogP contribution is -2.26. The van der Waals surface area contributed by atoms with Crippen molar-refractivity contribution in [1.29, 1.82) is 0 Å². The van der Waals surface area contributed by atoms with Gasteiger partial charge in [-0.1, -0.05) is 12.1 Å². The molecule has 1 heterocycles. The van der Waals surface area contributed by atoms with Crippen LogP contribution in [0.5, 0.6) is 0 Å². The van der Waals surface area contributed by atoms with Crippen LogP contribution in [0.25, 0.3) is 0 Å². The Kier molecular flexibility index (Phi) is 3.29. The highest BCUT2D eigenvalue weighted by atomic mass is 32.2. The first kappa shape index (κ1) is 14.4. The molecule has 2 aromatic carbocycles. The van der Waals surface area contributed by atoms with Gasteiger partial charge in [0.05, 0.1) is 37.4 Å². The predicted molar refractivity (Wildman–Crippen MR) is 77.2 cm³/mol. The number of hydrogen-bond acceptors (Lipinski definition) is 3. The number of benzene rings is 2. The van der Waals surface area contributed by atoms with Crippen LogP contribution in [0.4, 0.5) is 10.1 Å². The topological polar surface area (TPSA) is 74.7 Å². The molecule has 7 heteroatoms. The first-order valence-corrected chi connectivity index (χ1v) is 7.42. The molecular formula is C15H10FNO4S. The fourth-order valence-electron chi connectivity index (χ4n) is 2.33. The van der Waals surface area contributed by atoms with Crippen molar-refractivity contribution in [1.82, 2.24) is 0 Å². The highest BCUT2D eigenvalue weighted by Crippen LogP contribution is 2.35. The van der Waals surface area contributed by atoms with Crippen molar-refractivity contribution < 1.29 is 23.3 Å². The number of carboxylic acid groups (broad SMARTS) is 1. The minimum absolute atomic E-state index is 0.0725. The van der Waals surface area contributed by atoms with Gasteiger partial charge in [0.25, 0.3) is 5.91 Å². The molecule has 0 radical (unpaired) electrons. The van der Waals surface area contributed by atoms with Crippen LogP contribution in [0.3, 0.4) is 0 Å². The second-order valence-electron chi connectivity index (χ2n) is 4.73. The molecule has 1 aliphatic rings. The second kappa shape index (κ2) is 5.03. The largest absolute Gasteiger partial charge is 0.478 e. The molecule has 0 saturated carbocycles. The standard InChI is InChI=1S/C15H10FNO4S/c1-17-11-6-9(15(19)20)10(16)7-13(11)22(21)12-5-3-2-4-8(12)14(17)18/h2-7H,1H3,(H,19,20). The Morgan fingerprint density at radius 1 is 1.23 bits per heavy atom. The van der Waals surface area contributed by atoms with E-state index >= 15 is 0 Å². The average Bonchev–Trinajstić information content (AvgIpc) is 2.58. The summed E-state index contributed by atoms with van der Waals surface area (Å²) >= 11 is 0. The number of amides is 1. The molecule has 0 saturated heterocycles. The number of fused-ring (bicyclic) bond motifs is 2. The number of carboxylic acids is 1. The summed E-state index contributed by atoms with van der Waals surface area (Å²) in [5.74, 6) is -2.86. The molecule has 1 atom stereocenters. The fourth-order valence-corrected chi connectivity index (χ4v) is 3.72. The summed E-state index contributed by atoms with van der Waals surface area (Å²) in [6, 6.07) is 8.30. The van der Waals surface area contributed by atoms with Gasteiger partial charge < -0.3 is 10.0 Å². The van der Waals surface area contributed by atoms with Gasteiger partial charge in [0, 0.05) is 7.05 Å². The van der Waals surface area contributed by atoms with Crippen LogP contribution in [-0.2, 0) is 10.8 Å². The van der Waals surface area contributed by atoms with E-state index in [4.69, 9.17) is 5.11 Å². The Labute approximate surface area is 127 Å². The lowest BCUT2D eigenvalue weighted by atomic mass is 10.1. The molecule has 0 bridgehead atoms. The van der Waals surface area contributed by atoms with E-state index in [0.29, 0.717) is 0 Å². The molecule has 1 unspecified atom stereocenters. The molecule has 3 rings (SSSR count). The average molecular weight is 319 g/mol. The summed E-state index contributed by atoms with van der Waals surface area (Å²) in [6.45, 7) is 0. The maximum absolute atomic E-state index is 13.9. The number of anilines is 1. The molecule has 0 fully saturated rings. The van der Waals surface area contributed by atoms with E-state index < -0.39 is 34.1 Å². The van der Waals surface area contributed by atoms with Crippen LogP contribution < -0.4 is 4.90 Å². The molecule has 1 N–H and O–H groups in total. The number of carbonyl (C=O) groups is 2. The van der Waals surface area contributed by atoms with Crippen LogP contribution in [0.15, 0.2) is 46.2 Å². The highest BCUT2D eigenvalue weighted by molar-refractivity contribution is 7.85. The van der Waals surface area contributed by atoms with E-state index in [1.165, 1.54) is 24.1 Å². The van der Waals surface area contributed by atoms with Gasteiger partial charge in [-0.05, 0) is 24.3 Å². The summed E-state index contributed by atoms with van der Waals surface area (Å²) in [6.07, 6.45) is 0. The third kappa shape index (κ3) is 2.01. The Morgan fingerprint density at radius 3 is 2.59 bits per heavy atom. The Hall–Kier alpha value is -2.54. The zero-order valence-electron chi connectivity index (χ0n) is 11.4. The van der Waals surface area contributed by atoms with E-state index in [9.17, 15) is 18.2 Å². The van der Waals surface area contributed by atoms with E-state index in [1.54, 1.807) is 12.1 Å². The monoisotopic (exact) mass is 319 g/mol. The first-order chi connectivity index (χ1) is 10.4. The van der Waals surface area contributed by atoms with E-state index in [1.807, 2.05) is 0 Å². The van der Waals surface area contributed by atoms with E-state index in [2.05, 4.69) is 0 Å². The second-order valence-corrected chi connectivity index (χ2v) is 6.15. The lowest BCUT2D eigenvalue weighted by molar-refractivity contribution is 0.0691. The van der Waals surface area contributed by atoms with Crippen molar-refractivity contribution in [2.24, 2.45) is 0 Å². The van der Waals surface area contributed by atoms with Gasteiger partial charge in [0.2, 0.25) is 0 Å². The minimum Gasteiger partial charge on any atom is -0.478 e. The maximum Gasteiger partial charge on any atom is 0.338 e. The van der Waals surface area contributed by atoms with E-state index in [0.717, 1.165) is 12.1 Å². The smallest absolute Gasteiger partial charge is 0.338 e. The molecule has 0 spiro atoms. The van der Waals surface area contributed by atoms with Gasteiger partial charge in [0.15, 0.2) is 0 Å². The SMILES string of the molecule is CN1C(=O)c2ccccc2S(=O)c2cc(F)c(C(=O)O)cc21. The zero-order valence-corrected chi connectivity index (χ0v) is 12.2. The lowest BCUT2D eigenvalue weighted by Gasteiger charge is -2.17. The number of nitrogens with zero attached hydrogens (tertiary/aromatic N) is 1. The number of halogens is 1. The summed E-state index contributed by atoms with van der Waals surface area (Å²) in [5, 5.41) is 9.01. The molecule has 0 aliphatic carbocycles. The van der Waals surface area contributed by atoms with Gasteiger partial charge in [0.1, 0.15) is 5.82 Å². The van der Waals surface area contributed by atoms with Crippen LogP contribution in [0.2, 0.25) is 0 Å². The number of rotatable bonds is 1. The van der Waals surface area contributed by atoms with Crippen molar-refractivity contribution in [3.8, 4) is 0 Å². The van der Waals surface area contributed by atoms with Gasteiger partial charge in [-0.15, -0.1) is 0 Å². The van der Waals surface area contributed by atoms with Crippen LogP contribution in [-0.4, -0.2) is 28.2 Å². The maximum atomic E-state index is 13.9. The van der Waals surface area contributed by atoms with Crippen LogP contribution in [0.1, 0.15) is 20.7 Å². The summed E-state index contributed by atoms with van der Waals surface area (Å²) in [5.41, 5.74) is -0.198. The van der Waals surface area contributed by atoms with Crippen molar-refractivity contribution in [3.63, 3.8) is 0 Å². The van der Waals surface area contributed by atoms with Crippen molar-refractivity contribution in [2.75, 3.05) is 11.9 Å². The Morgan fingerprint density at radius 2 is 1.91 bits per heavy atom. The quantitative estimate of drug-likeness (QED) is 0.875. The molecule has 22 heavy (non-hydrogen) atoms. The minimum atomic E-state index is -1.78. The Balaban J connectivity index is 2.34. The molecule has 112 valence electrons. The molecule has 2 aromatic rings. The van der Waals surface area contributed by atoms with Crippen LogP contribution >= 0.6 is 0 Å². The molecule has 1 aliphatic heterocycles. The van der Waals surface area contributed by atoms with E-state index in [-0.39, 0.29) is 21.0 Å². The van der Waals surface area contributed by atoms with Crippen molar-refractivity contribution in [3.05, 3.63) is 53.3 Å². The van der Waals surface area contributed by atoms with Crippen LogP contribution in [0, 0.1) is 5.82 Å². The molecule has 5 nitrogen and oxygen atoms in total. The Bertz CT molecular complexity index is 849. The third-order valence-corrected chi connectivity index (χ3v) is 4.94. The number of carbonyl (C=O) groups excluding carboxylic acids is 1. The van der Waals surface area contributed by atoms with Gasteiger partial charge in [-0.2, -0.15) is 0 Å². The van der Waals surface area contributed by atoms with Gasteiger partial charge in [-0.25, -0.2) is 13.4 Å². The third-order valence-electron chi connectivity index (χ3n) is 3.46. The molecule has 1 amide bonds. The van der Waals surface area contributed by atoms with Crippen molar-refractivity contribution in [2.45, 2.75) is 9.79 Å². The number of hydrogen-bond donors (Lipinski definition) is 1. The summed E-state index contributed by atoms with van der Waals surface area (Å²) < 4.78 is 26.6. The first-order valence-electron chi connectivity index (χ1n) is 6.27. The highest BCUT2D eigenvalue weighted by Gasteiger charge is 2.30. The van der Waals surface area contributed by atoms with Crippen molar-refractivity contribution >= 4 is 28.4 Å². The zero-order chi connectivity index (χ0) is 16.0. The van der Waals surface area contributed by atoms with Gasteiger partial charge in [-0.3, -0.25) is 4.79 Å².